The summed E-state index contributed by atoms with van der Waals surface area (Å²) in [7, 11) is 0. The summed E-state index contributed by atoms with van der Waals surface area (Å²) >= 11 is 0. The number of hydrogen-bond donors (Lipinski definition) is 1. The molecule has 0 spiro atoms. The fraction of sp³-hybridized carbons (Fsp3) is 0.0667. The highest BCUT2D eigenvalue weighted by atomic mass is 16.4. The van der Waals surface area contributed by atoms with Gasteiger partial charge in [-0.1, -0.05) is 12.1 Å². The van der Waals surface area contributed by atoms with Crippen LogP contribution in [-0.2, 0) is 0 Å². The van der Waals surface area contributed by atoms with Gasteiger partial charge in [0.25, 0.3) is 5.91 Å². The highest BCUT2D eigenvalue weighted by molar-refractivity contribution is 6.10. The van der Waals surface area contributed by atoms with Gasteiger partial charge in [-0.15, -0.1) is 0 Å². The summed E-state index contributed by atoms with van der Waals surface area (Å²) in [6.07, 6.45) is 1.23. The van der Waals surface area contributed by atoms with E-state index in [1.54, 1.807) is 6.92 Å². The molecule has 0 radical (unpaired) electrons. The number of rotatable bonds is 4. The van der Waals surface area contributed by atoms with E-state index in [2.05, 4.69) is 10.3 Å². The predicted molar refractivity (Wildman–Crippen MR) is 72.0 cm³/mol. The fourth-order valence-corrected chi connectivity index (χ4v) is 1.82. The number of hydrogen-bond acceptors (Lipinski definition) is 6. The van der Waals surface area contributed by atoms with Gasteiger partial charge in [0, 0.05) is 11.9 Å². The van der Waals surface area contributed by atoms with E-state index in [-0.39, 0.29) is 16.8 Å². The molecule has 22 heavy (non-hydrogen) atoms. The molecular formula is C15H10N2O5-2. The molecule has 0 aliphatic heterocycles. The molecule has 0 bridgehead atoms. The molecule has 0 fully saturated rings. The third-order valence-corrected chi connectivity index (χ3v) is 2.97. The second-order valence-corrected chi connectivity index (χ2v) is 4.46. The summed E-state index contributed by atoms with van der Waals surface area (Å²) in [4.78, 5) is 37.5. The summed E-state index contributed by atoms with van der Waals surface area (Å²) in [6, 6.07) is 6.77. The summed E-state index contributed by atoms with van der Waals surface area (Å²) < 4.78 is 0. The van der Waals surface area contributed by atoms with Crippen molar-refractivity contribution in [1.29, 1.82) is 0 Å². The van der Waals surface area contributed by atoms with Gasteiger partial charge in [-0.05, 0) is 36.2 Å². The average molecular weight is 298 g/mol. The van der Waals surface area contributed by atoms with Gasteiger partial charge in [0.15, 0.2) is 0 Å². The van der Waals surface area contributed by atoms with Crippen LogP contribution in [0.2, 0.25) is 0 Å². The van der Waals surface area contributed by atoms with E-state index in [0.29, 0.717) is 5.56 Å². The van der Waals surface area contributed by atoms with E-state index in [4.69, 9.17) is 0 Å². The Kier molecular flexibility index (Phi) is 4.17. The molecule has 1 heterocycles. The number of nitrogens with one attached hydrogen (secondary N) is 1. The standard InChI is InChI=1S/C15H12N2O5/c1-8-4-5-9(14(19)20)7-11(8)17-13(18)10-3-2-6-16-12(10)15(21)22/h2-7H,1H3,(H,17,18)(H,19,20)(H,21,22)/p-2. The number of nitrogens with zero attached hydrogens (tertiary/aromatic N) is 1. The maximum atomic E-state index is 12.2. The Morgan fingerprint density at radius 3 is 2.45 bits per heavy atom. The van der Waals surface area contributed by atoms with Crippen LogP contribution in [0.5, 0.6) is 0 Å². The van der Waals surface area contributed by atoms with Crippen molar-refractivity contribution < 1.29 is 24.6 Å². The first-order chi connectivity index (χ1) is 10.4. The van der Waals surface area contributed by atoms with Crippen LogP contribution in [0.4, 0.5) is 5.69 Å². The van der Waals surface area contributed by atoms with Crippen LogP contribution in [0.3, 0.4) is 0 Å². The number of carbonyl (C=O) groups is 3. The molecule has 0 saturated carbocycles. The summed E-state index contributed by atoms with van der Waals surface area (Å²) in [5.41, 5.74) is 0.0683. The van der Waals surface area contributed by atoms with E-state index < -0.39 is 23.5 Å². The molecule has 0 unspecified atom stereocenters. The maximum Gasteiger partial charge on any atom is 0.257 e. The number of aromatic nitrogens is 1. The number of pyridine rings is 1. The van der Waals surface area contributed by atoms with Gasteiger partial charge in [-0.2, -0.15) is 0 Å². The van der Waals surface area contributed by atoms with E-state index in [0.717, 1.165) is 0 Å². The molecular weight excluding hydrogens is 288 g/mol. The Morgan fingerprint density at radius 2 is 1.82 bits per heavy atom. The first-order valence-electron chi connectivity index (χ1n) is 6.20. The first-order valence-corrected chi connectivity index (χ1v) is 6.20. The zero-order chi connectivity index (χ0) is 16.3. The smallest absolute Gasteiger partial charge is 0.257 e. The van der Waals surface area contributed by atoms with Crippen LogP contribution >= 0.6 is 0 Å². The van der Waals surface area contributed by atoms with Gasteiger partial charge in [0.1, 0.15) is 0 Å². The van der Waals surface area contributed by atoms with Gasteiger partial charge in [-0.3, -0.25) is 9.78 Å². The molecule has 2 rings (SSSR count). The number of aromatic carboxylic acids is 2. The molecule has 1 aromatic heterocycles. The van der Waals surface area contributed by atoms with Crippen molar-refractivity contribution in [3.63, 3.8) is 0 Å². The van der Waals surface area contributed by atoms with Crippen LogP contribution in [0.1, 0.15) is 36.8 Å². The van der Waals surface area contributed by atoms with Crippen LogP contribution in [0.25, 0.3) is 0 Å². The topological polar surface area (TPSA) is 122 Å². The van der Waals surface area contributed by atoms with Gasteiger partial charge >= 0.3 is 0 Å². The fourth-order valence-electron chi connectivity index (χ4n) is 1.82. The van der Waals surface area contributed by atoms with Crippen LogP contribution in [-0.4, -0.2) is 22.8 Å². The number of amides is 1. The summed E-state index contributed by atoms with van der Waals surface area (Å²) in [5, 5.41) is 24.2. The van der Waals surface area contributed by atoms with Gasteiger partial charge in [0.05, 0.1) is 23.2 Å². The Labute approximate surface area is 125 Å². The van der Waals surface area contributed by atoms with Crippen LogP contribution in [0, 0.1) is 6.92 Å². The molecule has 0 aliphatic carbocycles. The third kappa shape index (κ3) is 3.09. The normalized spacial score (nSPS) is 10.0. The van der Waals surface area contributed by atoms with Crippen molar-refractivity contribution in [2.24, 2.45) is 0 Å². The highest BCUT2D eigenvalue weighted by Crippen LogP contribution is 2.18. The molecule has 112 valence electrons. The largest absolute Gasteiger partial charge is 0.545 e. The zero-order valence-electron chi connectivity index (χ0n) is 11.5. The zero-order valence-corrected chi connectivity index (χ0v) is 11.5. The quantitative estimate of drug-likeness (QED) is 0.801. The van der Waals surface area contributed by atoms with E-state index in [1.807, 2.05) is 0 Å². The minimum atomic E-state index is -1.58. The predicted octanol–water partition coefficient (Wildman–Crippen LogP) is -0.631. The molecule has 1 aromatic carbocycles. The number of aryl methyl sites for hydroxylation is 1. The molecule has 2 aromatic rings. The lowest BCUT2D eigenvalue weighted by Gasteiger charge is -2.13. The molecule has 1 amide bonds. The molecule has 7 nitrogen and oxygen atoms in total. The molecule has 0 saturated heterocycles. The van der Waals surface area contributed by atoms with Gasteiger partial charge < -0.3 is 25.1 Å². The lowest BCUT2D eigenvalue weighted by molar-refractivity contribution is -0.256. The van der Waals surface area contributed by atoms with Crippen molar-refractivity contribution in [2.45, 2.75) is 6.92 Å². The maximum absolute atomic E-state index is 12.2. The number of carboxylic acids is 2. The minimum absolute atomic E-state index is 0.104. The first kappa shape index (κ1) is 15.2. The molecule has 0 atom stereocenters. The van der Waals surface area contributed by atoms with Crippen molar-refractivity contribution in [3.8, 4) is 0 Å². The van der Waals surface area contributed by atoms with E-state index in [1.165, 1.54) is 36.5 Å². The summed E-state index contributed by atoms with van der Waals surface area (Å²) in [6.45, 7) is 1.66. The van der Waals surface area contributed by atoms with Gasteiger partial charge in [0.2, 0.25) is 0 Å². The molecule has 1 N–H and O–H groups in total. The van der Waals surface area contributed by atoms with Crippen molar-refractivity contribution in [2.75, 3.05) is 5.32 Å². The average Bonchev–Trinajstić information content (AvgIpc) is 2.49. The molecule has 7 heteroatoms. The number of anilines is 1. The minimum Gasteiger partial charge on any atom is -0.545 e. The van der Waals surface area contributed by atoms with E-state index in [9.17, 15) is 24.6 Å². The van der Waals surface area contributed by atoms with Crippen molar-refractivity contribution >= 4 is 23.5 Å². The Bertz CT molecular complexity index is 770. The second kappa shape index (κ2) is 6.04. The summed E-state index contributed by atoms with van der Waals surface area (Å²) in [5.74, 6) is -3.69. The van der Waals surface area contributed by atoms with Crippen molar-refractivity contribution in [3.05, 3.63) is 58.9 Å². The lowest BCUT2D eigenvalue weighted by Crippen LogP contribution is -2.28. The SMILES string of the molecule is Cc1ccc(C(=O)[O-])cc1NC(=O)c1cccnc1C(=O)[O-]. The number of carboxylic acid groups (broad SMARTS) is 2. The van der Waals surface area contributed by atoms with Crippen molar-refractivity contribution in [1.82, 2.24) is 4.98 Å². The second-order valence-electron chi connectivity index (χ2n) is 4.46. The number of benzene rings is 1. The van der Waals surface area contributed by atoms with Crippen LogP contribution < -0.4 is 15.5 Å². The highest BCUT2D eigenvalue weighted by Gasteiger charge is 2.14. The lowest BCUT2D eigenvalue weighted by atomic mass is 10.1. The number of carbonyl (C=O) groups excluding carboxylic acids is 3. The Hall–Kier alpha value is -3.22. The van der Waals surface area contributed by atoms with E-state index >= 15 is 0 Å². The Balaban J connectivity index is 2.36. The third-order valence-electron chi connectivity index (χ3n) is 2.97. The molecule has 0 aliphatic rings. The van der Waals surface area contributed by atoms with Gasteiger partial charge in [-0.25, -0.2) is 0 Å². The van der Waals surface area contributed by atoms with Crippen LogP contribution in [0.15, 0.2) is 36.5 Å². The Morgan fingerprint density at radius 1 is 1.09 bits per heavy atom. The monoisotopic (exact) mass is 298 g/mol.